The summed E-state index contributed by atoms with van der Waals surface area (Å²) < 4.78 is 35.1. The van der Waals surface area contributed by atoms with Crippen molar-refractivity contribution in [3.8, 4) is 11.4 Å². The van der Waals surface area contributed by atoms with Crippen LogP contribution in [-0.4, -0.2) is 40.2 Å². The molecule has 41 heavy (non-hydrogen) atoms. The maximum absolute atomic E-state index is 13.7. The largest absolute Gasteiger partial charge is 0.489 e. The summed E-state index contributed by atoms with van der Waals surface area (Å²) >= 11 is 24.4. The van der Waals surface area contributed by atoms with Gasteiger partial charge in [-0.05, 0) is 54.6 Å². The predicted molar refractivity (Wildman–Crippen MR) is 154 cm³/mol. The lowest BCUT2D eigenvalue weighted by atomic mass is 10.0. The number of hydrogen-bond donors (Lipinski definition) is 3. The topological polar surface area (TPSA) is 134 Å². The molecule has 15 heteroatoms. The second kappa shape index (κ2) is 11.7. The molecule has 214 valence electrons. The van der Waals surface area contributed by atoms with E-state index in [1.165, 1.54) is 41.9 Å². The highest BCUT2D eigenvalue weighted by Gasteiger charge is 2.44. The molecule has 3 N–H and O–H groups in total. The van der Waals surface area contributed by atoms with Crippen LogP contribution >= 0.6 is 46.4 Å². The van der Waals surface area contributed by atoms with Gasteiger partial charge < -0.3 is 4.74 Å². The van der Waals surface area contributed by atoms with E-state index < -0.39 is 27.5 Å². The molecule has 1 amide bonds. The summed E-state index contributed by atoms with van der Waals surface area (Å²) in [5.74, 6) is -0.734. The Bertz CT molecular complexity index is 1810. The van der Waals surface area contributed by atoms with E-state index in [2.05, 4.69) is 5.10 Å². The number of nitrogens with zero attached hydrogens (tertiary/aromatic N) is 2. The van der Waals surface area contributed by atoms with Crippen molar-refractivity contribution < 1.29 is 23.2 Å². The van der Waals surface area contributed by atoms with E-state index in [9.17, 15) is 23.2 Å². The van der Waals surface area contributed by atoms with Crippen LogP contribution in [0.1, 0.15) is 22.9 Å². The van der Waals surface area contributed by atoms with Gasteiger partial charge in [0.25, 0.3) is 11.5 Å². The van der Waals surface area contributed by atoms with Gasteiger partial charge in [0.05, 0.1) is 21.2 Å². The zero-order valence-corrected chi connectivity index (χ0v) is 24.6. The van der Waals surface area contributed by atoms with E-state index in [1.54, 1.807) is 24.3 Å². The molecule has 10 nitrogen and oxygen atoms in total. The fourth-order valence-corrected chi connectivity index (χ4v) is 6.91. The lowest BCUT2D eigenvalue weighted by molar-refractivity contribution is -0.133. The van der Waals surface area contributed by atoms with Crippen LogP contribution in [0.2, 0.25) is 20.1 Å². The number of H-pyrrole nitrogens is 1. The van der Waals surface area contributed by atoms with Crippen molar-refractivity contribution in [3.05, 3.63) is 108 Å². The van der Waals surface area contributed by atoms with Crippen LogP contribution in [0, 0.1) is 0 Å². The number of amides is 1. The number of sulfonamides is 1. The normalized spacial score (nSPS) is 15.4. The molecular weight excluding hydrogens is 638 g/mol. The van der Waals surface area contributed by atoms with Gasteiger partial charge in [-0.2, -0.15) is 4.31 Å². The first-order valence-corrected chi connectivity index (χ1v) is 14.9. The zero-order valence-electron chi connectivity index (χ0n) is 20.8. The summed E-state index contributed by atoms with van der Waals surface area (Å²) in [7, 11) is -4.33. The molecule has 0 saturated heterocycles. The third kappa shape index (κ3) is 5.71. The van der Waals surface area contributed by atoms with E-state index in [1.807, 2.05) is 0 Å². The van der Waals surface area contributed by atoms with Gasteiger partial charge in [-0.25, -0.2) is 18.6 Å². The first kappa shape index (κ1) is 29.5. The van der Waals surface area contributed by atoms with E-state index >= 15 is 0 Å². The standard InChI is InChI=1S/C26H20Cl4N4O6S/c27-15-2-1-14(20(30)11-15)13-40-17-4-6-18(7-5-17)41(38,39)33-10-9-21-23(24(33)25(35)32-37)26(36)34(31-21)22-12-16(28)3-8-19(22)29/h1-8,11-12,24,31,37H,9-10,13H2,(H,32,35). The molecule has 1 atom stereocenters. The summed E-state index contributed by atoms with van der Waals surface area (Å²) in [4.78, 5) is 26.2. The van der Waals surface area contributed by atoms with Crippen LogP contribution < -0.4 is 15.8 Å². The highest BCUT2D eigenvalue weighted by Crippen LogP contribution is 2.34. The molecule has 0 fully saturated rings. The molecule has 3 aromatic carbocycles. The number of halogens is 4. The van der Waals surface area contributed by atoms with Crippen LogP contribution in [0.5, 0.6) is 5.75 Å². The van der Waals surface area contributed by atoms with Crippen molar-refractivity contribution in [1.82, 2.24) is 19.6 Å². The first-order valence-electron chi connectivity index (χ1n) is 11.9. The van der Waals surface area contributed by atoms with Crippen molar-refractivity contribution in [3.63, 3.8) is 0 Å². The number of fused-ring (bicyclic) bond motifs is 1. The van der Waals surface area contributed by atoms with Crippen LogP contribution in [-0.2, 0) is 27.8 Å². The lowest BCUT2D eigenvalue weighted by Gasteiger charge is -2.32. The second-order valence-corrected chi connectivity index (χ2v) is 12.6. The van der Waals surface area contributed by atoms with E-state index in [-0.39, 0.29) is 40.7 Å². The number of benzene rings is 3. The molecule has 0 bridgehead atoms. The van der Waals surface area contributed by atoms with Crippen molar-refractivity contribution >= 4 is 62.3 Å². The molecule has 0 aliphatic carbocycles. The molecule has 1 aromatic heterocycles. The molecule has 0 spiro atoms. The van der Waals surface area contributed by atoms with Crippen molar-refractivity contribution in [2.24, 2.45) is 0 Å². The van der Waals surface area contributed by atoms with Crippen LogP contribution in [0.15, 0.2) is 70.4 Å². The number of hydroxylamine groups is 1. The average Bonchev–Trinajstić information content (AvgIpc) is 3.29. The summed E-state index contributed by atoms with van der Waals surface area (Å²) in [6.07, 6.45) is 0.0766. The number of carbonyl (C=O) groups excluding carboxylic acids is 1. The van der Waals surface area contributed by atoms with Crippen molar-refractivity contribution in [1.29, 1.82) is 0 Å². The van der Waals surface area contributed by atoms with Crippen LogP contribution in [0.3, 0.4) is 0 Å². The number of rotatable bonds is 7. The molecule has 1 aliphatic heterocycles. The summed E-state index contributed by atoms with van der Waals surface area (Å²) in [6.45, 7) is -0.0455. The number of aromatic amines is 1. The summed E-state index contributed by atoms with van der Waals surface area (Å²) in [6, 6.07) is 13.4. The van der Waals surface area contributed by atoms with Crippen molar-refractivity contribution in [2.45, 2.75) is 24.0 Å². The number of nitrogens with one attached hydrogen (secondary N) is 2. The molecule has 1 aliphatic rings. The van der Waals surface area contributed by atoms with Gasteiger partial charge in [0.1, 0.15) is 18.4 Å². The Labute approximate surface area is 253 Å². The minimum atomic E-state index is -4.33. The molecule has 2 heterocycles. The predicted octanol–water partition coefficient (Wildman–Crippen LogP) is 5.15. The van der Waals surface area contributed by atoms with Gasteiger partial charge in [-0.3, -0.25) is 19.9 Å². The van der Waals surface area contributed by atoms with Gasteiger partial charge in [-0.1, -0.05) is 52.5 Å². The molecular formula is C26H20Cl4N4O6S. The number of carbonyl (C=O) groups is 1. The monoisotopic (exact) mass is 656 g/mol. The Kier molecular flexibility index (Phi) is 8.40. The van der Waals surface area contributed by atoms with E-state index in [0.29, 0.717) is 32.1 Å². The fourth-order valence-electron chi connectivity index (χ4n) is 4.51. The van der Waals surface area contributed by atoms with E-state index in [0.717, 1.165) is 8.99 Å². The highest BCUT2D eigenvalue weighted by atomic mass is 35.5. The third-order valence-electron chi connectivity index (χ3n) is 6.50. The first-order chi connectivity index (χ1) is 19.5. The smallest absolute Gasteiger partial charge is 0.276 e. The second-order valence-electron chi connectivity index (χ2n) is 8.98. The number of hydrogen-bond acceptors (Lipinski definition) is 6. The van der Waals surface area contributed by atoms with Gasteiger partial charge >= 0.3 is 0 Å². The van der Waals surface area contributed by atoms with Gasteiger partial charge in [-0.15, -0.1) is 0 Å². The van der Waals surface area contributed by atoms with Crippen LogP contribution in [0.25, 0.3) is 5.69 Å². The Hall–Kier alpha value is -3.03. The number of aromatic nitrogens is 2. The maximum atomic E-state index is 13.7. The average molecular weight is 658 g/mol. The molecule has 0 radical (unpaired) electrons. The molecule has 5 rings (SSSR count). The Morgan fingerprint density at radius 1 is 1.00 bits per heavy atom. The fraction of sp³-hybridized carbons (Fsp3) is 0.154. The molecule has 1 unspecified atom stereocenters. The van der Waals surface area contributed by atoms with Crippen LogP contribution in [0.4, 0.5) is 0 Å². The lowest BCUT2D eigenvalue weighted by Crippen LogP contribution is -2.48. The van der Waals surface area contributed by atoms with Gasteiger partial charge in [0.15, 0.2) is 0 Å². The summed E-state index contributed by atoms with van der Waals surface area (Å²) in [5, 5.41) is 13.8. The maximum Gasteiger partial charge on any atom is 0.276 e. The SMILES string of the molecule is O=C(NO)C1c2c([nH]n(-c3cc(Cl)ccc3Cl)c2=O)CCN1S(=O)(=O)c1ccc(OCc2ccc(Cl)cc2Cl)cc1. The molecule has 4 aromatic rings. The van der Waals surface area contributed by atoms with Crippen molar-refractivity contribution in [2.75, 3.05) is 6.54 Å². The Balaban J connectivity index is 1.45. The quantitative estimate of drug-likeness (QED) is 0.186. The zero-order chi connectivity index (χ0) is 29.5. The summed E-state index contributed by atoms with van der Waals surface area (Å²) in [5.41, 5.74) is 1.83. The number of ether oxygens (including phenoxy) is 1. The third-order valence-corrected chi connectivity index (χ3v) is 9.52. The highest BCUT2D eigenvalue weighted by molar-refractivity contribution is 7.89. The Morgan fingerprint density at radius 2 is 1.68 bits per heavy atom. The minimum absolute atomic E-state index is 0.0766. The van der Waals surface area contributed by atoms with Gasteiger partial charge in [0.2, 0.25) is 10.0 Å². The minimum Gasteiger partial charge on any atom is -0.489 e. The Morgan fingerprint density at radius 3 is 2.37 bits per heavy atom. The van der Waals surface area contributed by atoms with Gasteiger partial charge in [0, 0.05) is 39.3 Å². The van der Waals surface area contributed by atoms with E-state index in [4.69, 9.17) is 51.1 Å². The molecule has 0 saturated carbocycles.